The van der Waals surface area contributed by atoms with E-state index in [1.165, 1.54) is 0 Å². The summed E-state index contributed by atoms with van der Waals surface area (Å²) < 4.78 is 22.3. The molecule has 1 fully saturated rings. The summed E-state index contributed by atoms with van der Waals surface area (Å²) in [6, 6.07) is 9.81. The molecular weight excluding hydrogens is 300 g/mol. The van der Waals surface area contributed by atoms with E-state index < -0.39 is 10.0 Å². The van der Waals surface area contributed by atoms with Crippen LogP contribution < -0.4 is 5.14 Å². The van der Waals surface area contributed by atoms with Crippen molar-refractivity contribution in [1.29, 1.82) is 0 Å². The highest BCUT2D eigenvalue weighted by Gasteiger charge is 2.29. The average molecular weight is 324 g/mol. The van der Waals surface area contributed by atoms with Gasteiger partial charge in [0.25, 0.3) is 0 Å². The molecule has 1 saturated heterocycles. The number of benzene rings is 1. The first-order valence-electron chi connectivity index (χ1n) is 7.75. The summed E-state index contributed by atoms with van der Waals surface area (Å²) in [6.45, 7) is 3.24. The van der Waals surface area contributed by atoms with Crippen molar-refractivity contribution in [2.75, 3.05) is 18.8 Å². The van der Waals surface area contributed by atoms with E-state index in [1.807, 2.05) is 42.2 Å². The van der Waals surface area contributed by atoms with Crippen molar-refractivity contribution in [2.45, 2.75) is 32.1 Å². The molecule has 0 aromatic heterocycles. The second kappa shape index (κ2) is 7.24. The predicted molar refractivity (Wildman–Crippen MR) is 86.8 cm³/mol. The number of amides is 1. The van der Waals surface area contributed by atoms with Gasteiger partial charge in [0.1, 0.15) is 0 Å². The molecule has 0 aliphatic carbocycles. The van der Waals surface area contributed by atoms with Gasteiger partial charge in [-0.25, -0.2) is 13.6 Å². The van der Waals surface area contributed by atoms with Crippen LogP contribution in [-0.4, -0.2) is 38.1 Å². The molecule has 1 aliphatic heterocycles. The van der Waals surface area contributed by atoms with Gasteiger partial charge in [0.2, 0.25) is 15.9 Å². The lowest BCUT2D eigenvalue weighted by molar-refractivity contribution is -0.134. The second-order valence-corrected chi connectivity index (χ2v) is 7.63. The molecule has 2 N–H and O–H groups in total. The van der Waals surface area contributed by atoms with Gasteiger partial charge in [-0.3, -0.25) is 4.79 Å². The molecule has 1 aromatic rings. The van der Waals surface area contributed by atoms with Crippen molar-refractivity contribution in [3.05, 3.63) is 35.9 Å². The molecule has 1 atom stereocenters. The maximum Gasteiger partial charge on any atom is 0.230 e. The van der Waals surface area contributed by atoms with Crippen LogP contribution in [-0.2, 0) is 14.8 Å². The highest BCUT2D eigenvalue weighted by Crippen LogP contribution is 2.25. The molecule has 0 bridgehead atoms. The van der Waals surface area contributed by atoms with Gasteiger partial charge in [-0.05, 0) is 30.7 Å². The number of carbonyl (C=O) groups is 1. The summed E-state index contributed by atoms with van der Waals surface area (Å²) in [5.41, 5.74) is 1.04. The third-order valence-corrected chi connectivity index (χ3v) is 5.24. The summed E-state index contributed by atoms with van der Waals surface area (Å²) in [5, 5.41) is 5.10. The van der Waals surface area contributed by atoms with Crippen LogP contribution in [0.2, 0.25) is 0 Å². The van der Waals surface area contributed by atoms with Crippen molar-refractivity contribution >= 4 is 15.9 Å². The molecular formula is C16H24N2O3S. The minimum absolute atomic E-state index is 0.0188. The maximum atomic E-state index is 12.7. The van der Waals surface area contributed by atoms with Gasteiger partial charge in [0, 0.05) is 13.1 Å². The van der Waals surface area contributed by atoms with Crippen molar-refractivity contribution in [3.63, 3.8) is 0 Å². The Labute approximate surface area is 132 Å². The van der Waals surface area contributed by atoms with Gasteiger partial charge in [-0.2, -0.15) is 0 Å². The third-order valence-electron chi connectivity index (χ3n) is 4.30. The van der Waals surface area contributed by atoms with E-state index in [0.717, 1.165) is 12.0 Å². The fourth-order valence-electron chi connectivity index (χ4n) is 3.11. The summed E-state index contributed by atoms with van der Waals surface area (Å²) in [4.78, 5) is 14.6. The number of hydrogen-bond acceptors (Lipinski definition) is 3. The Hall–Kier alpha value is -1.40. The van der Waals surface area contributed by atoms with E-state index >= 15 is 0 Å². The first kappa shape index (κ1) is 17.0. The van der Waals surface area contributed by atoms with Crippen molar-refractivity contribution in [3.8, 4) is 0 Å². The molecule has 5 nitrogen and oxygen atoms in total. The Kier molecular flexibility index (Phi) is 5.58. The largest absolute Gasteiger partial charge is 0.342 e. The molecule has 0 spiro atoms. The van der Waals surface area contributed by atoms with Crippen LogP contribution in [0.1, 0.15) is 37.7 Å². The van der Waals surface area contributed by atoms with Gasteiger partial charge in [0.15, 0.2) is 0 Å². The molecule has 122 valence electrons. The Morgan fingerprint density at radius 1 is 1.27 bits per heavy atom. The number of hydrogen-bond donors (Lipinski definition) is 1. The SMILES string of the molecule is CC[C@@H](C(=O)N1CCC(CS(N)(=O)=O)CC1)c1ccccc1. The van der Waals surface area contributed by atoms with Crippen LogP contribution in [0.4, 0.5) is 0 Å². The summed E-state index contributed by atoms with van der Waals surface area (Å²) in [6.07, 6.45) is 2.17. The van der Waals surface area contributed by atoms with E-state index in [-0.39, 0.29) is 23.5 Å². The summed E-state index contributed by atoms with van der Waals surface area (Å²) >= 11 is 0. The number of sulfonamides is 1. The molecule has 6 heteroatoms. The Bertz CT molecular complexity index is 593. The van der Waals surface area contributed by atoms with Gasteiger partial charge in [-0.15, -0.1) is 0 Å². The van der Waals surface area contributed by atoms with Gasteiger partial charge >= 0.3 is 0 Å². The standard InChI is InChI=1S/C16H24N2O3S/c1-2-15(14-6-4-3-5-7-14)16(19)18-10-8-13(9-11-18)12-22(17,20)21/h3-7,13,15H,2,8-12H2,1H3,(H2,17,20,21)/t15-/m1/s1. The fourth-order valence-corrected chi connectivity index (χ4v) is 4.10. The van der Waals surface area contributed by atoms with Gasteiger partial charge < -0.3 is 4.90 Å². The monoisotopic (exact) mass is 324 g/mol. The smallest absolute Gasteiger partial charge is 0.230 e. The zero-order valence-corrected chi connectivity index (χ0v) is 13.8. The highest BCUT2D eigenvalue weighted by molar-refractivity contribution is 7.89. The van der Waals surface area contributed by atoms with Crippen LogP contribution in [0.25, 0.3) is 0 Å². The van der Waals surface area contributed by atoms with Crippen LogP contribution in [0.3, 0.4) is 0 Å². The lowest BCUT2D eigenvalue weighted by atomic mass is 9.92. The van der Waals surface area contributed by atoms with Crippen LogP contribution >= 0.6 is 0 Å². The van der Waals surface area contributed by atoms with E-state index in [1.54, 1.807) is 0 Å². The molecule has 1 aliphatic rings. The number of carbonyl (C=O) groups excluding carboxylic acids is 1. The normalized spacial score (nSPS) is 18.2. The second-order valence-electron chi connectivity index (χ2n) is 5.97. The number of likely N-dealkylation sites (tertiary alicyclic amines) is 1. The number of nitrogens with two attached hydrogens (primary N) is 1. The van der Waals surface area contributed by atoms with Gasteiger partial charge in [-0.1, -0.05) is 37.3 Å². The van der Waals surface area contributed by atoms with Crippen molar-refractivity contribution < 1.29 is 13.2 Å². The molecule has 1 amide bonds. The molecule has 1 heterocycles. The summed E-state index contributed by atoms with van der Waals surface area (Å²) in [7, 11) is -3.43. The quantitative estimate of drug-likeness (QED) is 0.895. The van der Waals surface area contributed by atoms with Crippen LogP contribution in [0.15, 0.2) is 30.3 Å². The lowest BCUT2D eigenvalue weighted by Gasteiger charge is -2.34. The first-order chi connectivity index (χ1) is 10.4. The first-order valence-corrected chi connectivity index (χ1v) is 9.46. The van der Waals surface area contributed by atoms with Crippen LogP contribution in [0.5, 0.6) is 0 Å². The molecule has 1 aromatic carbocycles. The third kappa shape index (κ3) is 4.55. The maximum absolute atomic E-state index is 12.7. The number of rotatable bonds is 5. The topological polar surface area (TPSA) is 80.5 Å². The van der Waals surface area contributed by atoms with E-state index in [9.17, 15) is 13.2 Å². The van der Waals surface area contributed by atoms with E-state index in [2.05, 4.69) is 0 Å². The number of piperidine rings is 1. The summed E-state index contributed by atoms with van der Waals surface area (Å²) in [5.74, 6) is 0.111. The number of nitrogens with zero attached hydrogens (tertiary/aromatic N) is 1. The molecule has 22 heavy (non-hydrogen) atoms. The minimum atomic E-state index is -3.43. The van der Waals surface area contributed by atoms with Gasteiger partial charge in [0.05, 0.1) is 11.7 Å². The van der Waals surface area contributed by atoms with Crippen molar-refractivity contribution in [1.82, 2.24) is 4.90 Å². The predicted octanol–water partition coefficient (Wildman–Crippen LogP) is 1.71. The molecule has 0 radical (unpaired) electrons. The fraction of sp³-hybridized carbons (Fsp3) is 0.562. The highest BCUT2D eigenvalue weighted by atomic mass is 32.2. The molecule has 0 saturated carbocycles. The lowest BCUT2D eigenvalue weighted by Crippen LogP contribution is -2.42. The Morgan fingerprint density at radius 3 is 2.36 bits per heavy atom. The Morgan fingerprint density at radius 2 is 1.86 bits per heavy atom. The molecule has 2 rings (SSSR count). The Balaban J connectivity index is 1.97. The minimum Gasteiger partial charge on any atom is -0.342 e. The van der Waals surface area contributed by atoms with E-state index in [4.69, 9.17) is 5.14 Å². The average Bonchev–Trinajstić information content (AvgIpc) is 2.48. The van der Waals surface area contributed by atoms with Crippen molar-refractivity contribution in [2.24, 2.45) is 11.1 Å². The zero-order valence-electron chi connectivity index (χ0n) is 12.9. The molecule has 0 unspecified atom stereocenters. The van der Waals surface area contributed by atoms with E-state index in [0.29, 0.717) is 25.9 Å². The van der Waals surface area contributed by atoms with Crippen LogP contribution in [0, 0.1) is 5.92 Å². The number of primary sulfonamides is 1. The zero-order chi connectivity index (χ0) is 16.2.